The molecule has 0 unspecified atom stereocenters. The molecule has 3 aromatic heterocycles. The predicted molar refractivity (Wildman–Crippen MR) is 97.3 cm³/mol. The minimum atomic E-state index is -0.736. The van der Waals surface area contributed by atoms with E-state index in [1.165, 1.54) is 15.4 Å². The molecular weight excluding hydrogens is 334 g/mol. The lowest BCUT2D eigenvalue weighted by molar-refractivity contribution is 0.203. The van der Waals surface area contributed by atoms with Gasteiger partial charge in [0.05, 0.1) is 17.1 Å². The van der Waals surface area contributed by atoms with Crippen molar-refractivity contribution in [1.82, 2.24) is 24.5 Å². The summed E-state index contributed by atoms with van der Waals surface area (Å²) in [4.78, 5) is 5.23. The van der Waals surface area contributed by atoms with Crippen LogP contribution in [0.25, 0.3) is 0 Å². The molecule has 0 aliphatic carbocycles. The van der Waals surface area contributed by atoms with Crippen molar-refractivity contribution in [3.63, 3.8) is 0 Å². The van der Waals surface area contributed by atoms with Crippen molar-refractivity contribution in [2.75, 3.05) is 6.54 Å². The van der Waals surface area contributed by atoms with Crippen molar-refractivity contribution in [3.05, 3.63) is 57.3 Å². The average molecular weight is 357 g/mol. The summed E-state index contributed by atoms with van der Waals surface area (Å²) in [5, 5.41) is 19.4. The summed E-state index contributed by atoms with van der Waals surface area (Å²) >= 11 is 1.87. The molecule has 1 aliphatic rings. The number of hydrogen-bond acceptors (Lipinski definition) is 5. The summed E-state index contributed by atoms with van der Waals surface area (Å²) in [5.74, 6) is 0. The van der Waals surface area contributed by atoms with E-state index in [1.807, 2.05) is 30.5 Å². The van der Waals surface area contributed by atoms with Crippen molar-refractivity contribution in [3.8, 4) is 0 Å². The van der Waals surface area contributed by atoms with E-state index in [0.29, 0.717) is 5.69 Å². The molecule has 0 radical (unpaired) electrons. The normalized spacial score (nSPS) is 16.6. The Morgan fingerprint density at radius 1 is 1.28 bits per heavy atom. The van der Waals surface area contributed by atoms with Crippen LogP contribution in [0.3, 0.4) is 0 Å². The van der Waals surface area contributed by atoms with Crippen LogP contribution in [0.15, 0.2) is 30.5 Å². The maximum Gasteiger partial charge on any atom is 0.139 e. The third kappa shape index (κ3) is 3.40. The lowest BCUT2D eigenvalue weighted by atomic mass is 10.2. The Morgan fingerprint density at radius 3 is 2.88 bits per heavy atom. The van der Waals surface area contributed by atoms with Crippen LogP contribution in [0, 0.1) is 6.92 Å². The Hall–Kier alpha value is -1.96. The summed E-state index contributed by atoms with van der Waals surface area (Å²) in [5.41, 5.74) is 2.63. The van der Waals surface area contributed by atoms with E-state index in [2.05, 4.69) is 38.8 Å². The minimum absolute atomic E-state index is 0.701. The number of rotatable bonds is 4. The van der Waals surface area contributed by atoms with Crippen LogP contribution in [0.1, 0.15) is 39.4 Å². The Labute approximate surface area is 151 Å². The summed E-state index contributed by atoms with van der Waals surface area (Å²) in [6, 6.07) is 8.28. The highest BCUT2D eigenvalue weighted by Gasteiger charge is 2.22. The lowest BCUT2D eigenvalue weighted by Gasteiger charge is -2.18. The molecule has 3 aromatic rings. The van der Waals surface area contributed by atoms with E-state index in [1.54, 1.807) is 10.9 Å². The highest BCUT2D eigenvalue weighted by molar-refractivity contribution is 7.11. The second-order valence-electron chi connectivity index (χ2n) is 6.64. The molecule has 0 saturated carbocycles. The molecule has 7 heteroatoms. The molecule has 25 heavy (non-hydrogen) atoms. The monoisotopic (exact) mass is 357 g/mol. The van der Waals surface area contributed by atoms with Crippen LogP contribution in [0.2, 0.25) is 0 Å². The quantitative estimate of drug-likeness (QED) is 0.779. The first-order chi connectivity index (χ1) is 12.1. The minimum Gasteiger partial charge on any atom is -0.380 e. The van der Waals surface area contributed by atoms with Gasteiger partial charge in [-0.2, -0.15) is 10.2 Å². The highest BCUT2D eigenvalue weighted by Crippen LogP contribution is 2.24. The zero-order valence-electron chi connectivity index (χ0n) is 14.6. The number of aryl methyl sites for hydroxylation is 3. The van der Waals surface area contributed by atoms with Crippen molar-refractivity contribution < 1.29 is 5.11 Å². The molecule has 0 aromatic carbocycles. The number of thiophene rings is 1. The molecule has 4 rings (SSSR count). The number of aliphatic hydroxyl groups excluding tert-OH is 1. The Morgan fingerprint density at radius 2 is 2.16 bits per heavy atom. The average Bonchev–Trinajstić information content (AvgIpc) is 3.26. The maximum absolute atomic E-state index is 10.6. The number of nitrogens with zero attached hydrogens (tertiary/aromatic N) is 5. The van der Waals surface area contributed by atoms with Crippen LogP contribution in [-0.4, -0.2) is 36.1 Å². The molecule has 1 aliphatic heterocycles. The fourth-order valence-electron chi connectivity index (χ4n) is 3.41. The summed E-state index contributed by atoms with van der Waals surface area (Å²) in [7, 11) is 1.84. The van der Waals surface area contributed by atoms with Gasteiger partial charge in [-0.05, 0) is 37.6 Å². The first kappa shape index (κ1) is 16.5. The van der Waals surface area contributed by atoms with E-state index in [-0.39, 0.29) is 0 Å². The van der Waals surface area contributed by atoms with Crippen molar-refractivity contribution in [2.45, 2.75) is 39.1 Å². The van der Waals surface area contributed by atoms with E-state index < -0.39 is 6.10 Å². The Kier molecular flexibility index (Phi) is 4.45. The fourth-order valence-corrected chi connectivity index (χ4v) is 4.35. The standard InChI is InChI=1S/C18H23N5OS/c1-13-4-5-15(25-13)12-22-8-3-9-23-14(11-22)10-16(20-23)18(24)17-6-7-19-21(17)2/h4-7,10,18,24H,3,8-9,11-12H2,1-2H3/t18-/m1/s1. The van der Waals surface area contributed by atoms with Gasteiger partial charge >= 0.3 is 0 Å². The second-order valence-corrected chi connectivity index (χ2v) is 8.01. The van der Waals surface area contributed by atoms with Gasteiger partial charge in [0, 0.05) is 49.2 Å². The van der Waals surface area contributed by atoms with Gasteiger partial charge in [-0.1, -0.05) is 0 Å². The second kappa shape index (κ2) is 6.74. The third-order valence-electron chi connectivity index (χ3n) is 4.71. The van der Waals surface area contributed by atoms with Crippen molar-refractivity contribution in [1.29, 1.82) is 0 Å². The number of fused-ring (bicyclic) bond motifs is 1. The predicted octanol–water partition coefficient (Wildman–Crippen LogP) is 2.47. The smallest absolute Gasteiger partial charge is 0.139 e. The van der Waals surface area contributed by atoms with Crippen LogP contribution in [0.5, 0.6) is 0 Å². The van der Waals surface area contributed by atoms with E-state index in [4.69, 9.17) is 0 Å². The topological polar surface area (TPSA) is 59.1 Å². The van der Waals surface area contributed by atoms with Gasteiger partial charge in [0.1, 0.15) is 6.10 Å². The highest BCUT2D eigenvalue weighted by atomic mass is 32.1. The lowest BCUT2D eigenvalue weighted by Crippen LogP contribution is -2.22. The number of hydrogen-bond donors (Lipinski definition) is 1. The largest absolute Gasteiger partial charge is 0.380 e. The molecule has 1 N–H and O–H groups in total. The van der Waals surface area contributed by atoms with Gasteiger partial charge in [0.15, 0.2) is 0 Å². The molecule has 0 saturated heterocycles. The first-order valence-corrected chi connectivity index (χ1v) is 9.42. The molecular formula is C18H23N5OS. The molecule has 0 fully saturated rings. The summed E-state index contributed by atoms with van der Waals surface area (Å²) < 4.78 is 3.75. The Balaban J connectivity index is 1.53. The van der Waals surface area contributed by atoms with Gasteiger partial charge in [0.25, 0.3) is 0 Å². The molecule has 0 amide bonds. The Bertz CT molecular complexity index is 865. The number of aliphatic hydroxyl groups is 1. The maximum atomic E-state index is 10.6. The van der Waals surface area contributed by atoms with E-state index in [0.717, 1.165) is 38.3 Å². The van der Waals surface area contributed by atoms with Crippen molar-refractivity contribution in [2.24, 2.45) is 7.05 Å². The summed E-state index contributed by atoms with van der Waals surface area (Å²) in [6.45, 7) is 5.95. The van der Waals surface area contributed by atoms with Crippen LogP contribution < -0.4 is 0 Å². The fraction of sp³-hybridized carbons (Fsp3) is 0.444. The van der Waals surface area contributed by atoms with Gasteiger partial charge in [-0.15, -0.1) is 11.3 Å². The van der Waals surface area contributed by atoms with Crippen LogP contribution >= 0.6 is 11.3 Å². The van der Waals surface area contributed by atoms with Gasteiger partial charge < -0.3 is 5.11 Å². The van der Waals surface area contributed by atoms with Crippen LogP contribution in [0.4, 0.5) is 0 Å². The molecule has 6 nitrogen and oxygen atoms in total. The molecule has 132 valence electrons. The number of aromatic nitrogens is 4. The summed E-state index contributed by atoms with van der Waals surface area (Å²) in [6.07, 6.45) is 2.03. The van der Waals surface area contributed by atoms with Gasteiger partial charge in [-0.25, -0.2) is 0 Å². The molecule has 0 spiro atoms. The SMILES string of the molecule is Cc1ccc(CN2CCCn3nc([C@@H](O)c4ccnn4C)cc3C2)s1. The van der Waals surface area contributed by atoms with Gasteiger partial charge in [0.2, 0.25) is 0 Å². The van der Waals surface area contributed by atoms with E-state index in [9.17, 15) is 5.11 Å². The zero-order chi connectivity index (χ0) is 17.4. The van der Waals surface area contributed by atoms with Crippen molar-refractivity contribution >= 4 is 11.3 Å². The molecule has 4 heterocycles. The first-order valence-electron chi connectivity index (χ1n) is 8.60. The van der Waals surface area contributed by atoms with Gasteiger partial charge in [-0.3, -0.25) is 14.3 Å². The molecule has 0 bridgehead atoms. The third-order valence-corrected chi connectivity index (χ3v) is 5.69. The van der Waals surface area contributed by atoms with E-state index >= 15 is 0 Å². The zero-order valence-corrected chi connectivity index (χ0v) is 15.4. The molecule has 1 atom stereocenters. The van der Waals surface area contributed by atoms with Crippen LogP contribution in [-0.2, 0) is 26.7 Å².